The fraction of sp³-hybridized carbons (Fsp3) is 0.714. The second-order valence-corrected chi connectivity index (χ2v) is 5.55. The molecule has 20 heavy (non-hydrogen) atoms. The van der Waals surface area contributed by atoms with E-state index in [2.05, 4.69) is 29.0 Å². The smallest absolute Gasteiger partial charge is 0.271 e. The van der Waals surface area contributed by atoms with E-state index >= 15 is 0 Å². The molecule has 1 aromatic heterocycles. The molecule has 1 N–H and O–H groups in total. The molecule has 1 fully saturated rings. The fourth-order valence-electron chi connectivity index (χ4n) is 2.59. The first-order valence-electron chi connectivity index (χ1n) is 7.18. The van der Waals surface area contributed by atoms with Crippen LogP contribution in [0.3, 0.4) is 0 Å². The van der Waals surface area contributed by atoms with Crippen LogP contribution in [0.1, 0.15) is 30.8 Å². The average molecular weight is 280 g/mol. The van der Waals surface area contributed by atoms with Gasteiger partial charge in [0.1, 0.15) is 5.69 Å². The monoisotopic (exact) mass is 280 g/mol. The Morgan fingerprint density at radius 2 is 2.15 bits per heavy atom. The Hall–Kier alpha value is -1.40. The number of nitrogens with one attached hydrogen (secondary N) is 1. The van der Waals surface area contributed by atoms with E-state index in [0.717, 1.165) is 26.1 Å². The van der Waals surface area contributed by atoms with Crippen molar-refractivity contribution in [3.63, 3.8) is 0 Å². The van der Waals surface area contributed by atoms with E-state index in [4.69, 9.17) is 4.74 Å². The van der Waals surface area contributed by atoms with Crippen LogP contribution in [0.4, 0.5) is 0 Å². The number of carbonyl (C=O) groups excluding carboxylic acids is 1. The van der Waals surface area contributed by atoms with Gasteiger partial charge in [-0.05, 0) is 20.3 Å². The Labute approximate surface area is 120 Å². The number of imidazole rings is 1. The third kappa shape index (κ3) is 4.31. The third-order valence-corrected chi connectivity index (χ3v) is 3.37. The van der Waals surface area contributed by atoms with E-state index in [9.17, 15) is 4.79 Å². The van der Waals surface area contributed by atoms with Crippen LogP contribution in [-0.2, 0) is 11.8 Å². The zero-order chi connectivity index (χ0) is 14.5. The Morgan fingerprint density at radius 1 is 1.45 bits per heavy atom. The van der Waals surface area contributed by atoms with Crippen molar-refractivity contribution >= 4 is 5.91 Å². The lowest BCUT2D eigenvalue weighted by molar-refractivity contribution is -0.0679. The van der Waals surface area contributed by atoms with Gasteiger partial charge in [-0.25, -0.2) is 4.98 Å². The molecule has 6 heteroatoms. The Morgan fingerprint density at radius 3 is 2.75 bits per heavy atom. The molecule has 0 bridgehead atoms. The second kappa shape index (κ2) is 6.85. The lowest BCUT2D eigenvalue weighted by Gasteiger charge is -2.35. The maximum atomic E-state index is 11.8. The normalized spacial score (nSPS) is 23.8. The van der Waals surface area contributed by atoms with Gasteiger partial charge in [-0.2, -0.15) is 0 Å². The van der Waals surface area contributed by atoms with Crippen molar-refractivity contribution < 1.29 is 9.53 Å². The van der Waals surface area contributed by atoms with Crippen LogP contribution in [-0.4, -0.2) is 58.7 Å². The summed E-state index contributed by atoms with van der Waals surface area (Å²) < 4.78 is 7.47. The largest absolute Gasteiger partial charge is 0.373 e. The zero-order valence-corrected chi connectivity index (χ0v) is 12.5. The first-order chi connectivity index (χ1) is 9.54. The molecule has 2 atom stereocenters. The van der Waals surface area contributed by atoms with Gasteiger partial charge in [0.15, 0.2) is 0 Å². The lowest BCUT2D eigenvalue weighted by atomic mass is 10.2. The molecule has 0 aromatic carbocycles. The number of amides is 1. The SMILES string of the molecule is C[C@@H]1CN(CCCNC(=O)c2cn(C)cn2)C[C@H](C)O1. The van der Waals surface area contributed by atoms with Gasteiger partial charge >= 0.3 is 0 Å². The van der Waals surface area contributed by atoms with Crippen LogP contribution in [0.25, 0.3) is 0 Å². The molecule has 112 valence electrons. The van der Waals surface area contributed by atoms with Crippen molar-refractivity contribution in [2.24, 2.45) is 7.05 Å². The third-order valence-electron chi connectivity index (χ3n) is 3.37. The highest BCUT2D eigenvalue weighted by molar-refractivity contribution is 5.91. The molecule has 1 aromatic rings. The molecule has 0 saturated carbocycles. The van der Waals surface area contributed by atoms with Crippen LogP contribution in [0, 0.1) is 0 Å². The first kappa shape index (κ1) is 15.0. The average Bonchev–Trinajstić information content (AvgIpc) is 2.80. The van der Waals surface area contributed by atoms with Gasteiger partial charge in [-0.3, -0.25) is 9.69 Å². The van der Waals surface area contributed by atoms with Crippen LogP contribution >= 0.6 is 0 Å². The summed E-state index contributed by atoms with van der Waals surface area (Å²) in [4.78, 5) is 18.2. The summed E-state index contributed by atoms with van der Waals surface area (Å²) in [5.74, 6) is -0.102. The Bertz CT molecular complexity index is 436. The number of rotatable bonds is 5. The van der Waals surface area contributed by atoms with E-state index < -0.39 is 0 Å². The maximum absolute atomic E-state index is 11.8. The summed E-state index contributed by atoms with van der Waals surface area (Å²) >= 11 is 0. The predicted octanol–water partition coefficient (Wildman–Crippen LogP) is 0.649. The van der Waals surface area contributed by atoms with E-state index in [1.165, 1.54) is 0 Å². The van der Waals surface area contributed by atoms with Crippen LogP contribution in [0.2, 0.25) is 0 Å². The minimum absolute atomic E-state index is 0.102. The number of carbonyl (C=O) groups is 1. The van der Waals surface area contributed by atoms with Crippen LogP contribution < -0.4 is 5.32 Å². The fourth-order valence-corrected chi connectivity index (χ4v) is 2.59. The number of nitrogens with zero attached hydrogens (tertiary/aromatic N) is 3. The lowest BCUT2D eigenvalue weighted by Crippen LogP contribution is -2.46. The van der Waals surface area contributed by atoms with Crippen LogP contribution in [0.5, 0.6) is 0 Å². The highest BCUT2D eigenvalue weighted by Gasteiger charge is 2.21. The quantitative estimate of drug-likeness (QED) is 0.805. The minimum Gasteiger partial charge on any atom is -0.373 e. The van der Waals surface area contributed by atoms with Gasteiger partial charge < -0.3 is 14.6 Å². The Kier molecular flexibility index (Phi) is 5.14. The van der Waals surface area contributed by atoms with Crippen molar-refractivity contribution in [2.45, 2.75) is 32.5 Å². The van der Waals surface area contributed by atoms with Gasteiger partial charge in [0.2, 0.25) is 0 Å². The molecule has 1 aliphatic heterocycles. The maximum Gasteiger partial charge on any atom is 0.271 e. The topological polar surface area (TPSA) is 59.4 Å². The predicted molar refractivity (Wildman–Crippen MR) is 76.6 cm³/mol. The van der Waals surface area contributed by atoms with Gasteiger partial charge in [0, 0.05) is 39.4 Å². The molecule has 0 radical (unpaired) electrons. The van der Waals surface area contributed by atoms with Crippen molar-refractivity contribution in [2.75, 3.05) is 26.2 Å². The molecule has 6 nitrogen and oxygen atoms in total. The molecular formula is C14H24N4O2. The number of ether oxygens (including phenoxy) is 1. The Balaban J connectivity index is 1.65. The molecule has 0 aliphatic carbocycles. The molecule has 1 amide bonds. The number of aromatic nitrogens is 2. The number of hydrogen-bond acceptors (Lipinski definition) is 4. The summed E-state index contributed by atoms with van der Waals surface area (Å²) in [5.41, 5.74) is 0.473. The van der Waals surface area contributed by atoms with Gasteiger partial charge in [-0.1, -0.05) is 0 Å². The second-order valence-electron chi connectivity index (χ2n) is 5.55. The van der Waals surface area contributed by atoms with Gasteiger partial charge in [0.05, 0.1) is 18.5 Å². The number of morpholine rings is 1. The molecule has 1 aliphatic rings. The summed E-state index contributed by atoms with van der Waals surface area (Å²) in [5, 5.41) is 2.90. The molecule has 1 saturated heterocycles. The molecule has 0 unspecified atom stereocenters. The van der Waals surface area contributed by atoms with Crippen LogP contribution in [0.15, 0.2) is 12.5 Å². The van der Waals surface area contributed by atoms with E-state index in [1.807, 2.05) is 7.05 Å². The number of aryl methyl sites for hydroxylation is 1. The first-order valence-corrected chi connectivity index (χ1v) is 7.18. The molecule has 2 heterocycles. The highest BCUT2D eigenvalue weighted by Crippen LogP contribution is 2.10. The minimum atomic E-state index is -0.102. The van der Waals surface area contributed by atoms with Crippen molar-refractivity contribution in [3.05, 3.63) is 18.2 Å². The standard InChI is InChI=1S/C14H24N4O2/c1-11-7-18(8-12(2)20-11)6-4-5-15-14(19)13-9-17(3)10-16-13/h9-12H,4-8H2,1-3H3,(H,15,19)/t11-,12+. The summed E-state index contributed by atoms with van der Waals surface area (Å²) in [6, 6.07) is 0. The molecule has 0 spiro atoms. The summed E-state index contributed by atoms with van der Waals surface area (Å²) in [6.07, 6.45) is 4.88. The van der Waals surface area contributed by atoms with Crippen molar-refractivity contribution in [1.82, 2.24) is 19.8 Å². The molecular weight excluding hydrogens is 256 g/mol. The van der Waals surface area contributed by atoms with Crippen molar-refractivity contribution in [3.8, 4) is 0 Å². The highest BCUT2D eigenvalue weighted by atomic mass is 16.5. The summed E-state index contributed by atoms with van der Waals surface area (Å²) in [7, 11) is 1.85. The zero-order valence-electron chi connectivity index (χ0n) is 12.5. The van der Waals surface area contributed by atoms with Crippen molar-refractivity contribution in [1.29, 1.82) is 0 Å². The number of hydrogen-bond donors (Lipinski definition) is 1. The van der Waals surface area contributed by atoms with E-state index in [0.29, 0.717) is 24.4 Å². The van der Waals surface area contributed by atoms with E-state index in [-0.39, 0.29) is 5.91 Å². The summed E-state index contributed by atoms with van der Waals surface area (Å²) in [6.45, 7) is 7.81. The van der Waals surface area contributed by atoms with Gasteiger partial charge in [0.25, 0.3) is 5.91 Å². The van der Waals surface area contributed by atoms with E-state index in [1.54, 1.807) is 17.1 Å². The van der Waals surface area contributed by atoms with Gasteiger partial charge in [-0.15, -0.1) is 0 Å². The molecule has 2 rings (SSSR count).